The Morgan fingerprint density at radius 3 is 2.70 bits per heavy atom. The van der Waals surface area contributed by atoms with Crippen LogP contribution in [0.25, 0.3) is 0 Å². The van der Waals surface area contributed by atoms with Gasteiger partial charge in [-0.2, -0.15) is 0 Å². The SMILES string of the molecule is CCCC(CC(=O)O)NC(=O)Nc1cc(C)ccc1Cl. The van der Waals surface area contributed by atoms with E-state index in [2.05, 4.69) is 10.6 Å². The summed E-state index contributed by atoms with van der Waals surface area (Å²) in [4.78, 5) is 22.6. The summed E-state index contributed by atoms with van der Waals surface area (Å²) >= 11 is 5.99. The van der Waals surface area contributed by atoms with Crippen molar-refractivity contribution in [1.82, 2.24) is 5.32 Å². The van der Waals surface area contributed by atoms with Crippen LogP contribution in [0.5, 0.6) is 0 Å². The largest absolute Gasteiger partial charge is 0.481 e. The Morgan fingerprint density at radius 1 is 1.40 bits per heavy atom. The number of anilines is 1. The van der Waals surface area contributed by atoms with E-state index in [1.54, 1.807) is 12.1 Å². The molecular formula is C14H19ClN2O3. The molecular weight excluding hydrogens is 280 g/mol. The van der Waals surface area contributed by atoms with E-state index in [4.69, 9.17) is 16.7 Å². The van der Waals surface area contributed by atoms with Gasteiger partial charge < -0.3 is 15.7 Å². The Labute approximate surface area is 123 Å². The first-order valence-corrected chi connectivity index (χ1v) is 6.85. The number of aliphatic carboxylic acids is 1. The van der Waals surface area contributed by atoms with Crippen LogP contribution in [0.2, 0.25) is 5.02 Å². The Bertz CT molecular complexity index is 491. The molecule has 0 radical (unpaired) electrons. The molecule has 0 aliphatic carbocycles. The van der Waals surface area contributed by atoms with Crippen molar-refractivity contribution in [1.29, 1.82) is 0 Å². The molecule has 1 aromatic carbocycles. The second-order valence-electron chi connectivity index (χ2n) is 4.67. The fraction of sp³-hybridized carbons (Fsp3) is 0.429. The van der Waals surface area contributed by atoms with E-state index in [1.165, 1.54) is 0 Å². The molecule has 1 rings (SSSR count). The molecule has 1 unspecified atom stereocenters. The van der Waals surface area contributed by atoms with Crippen LogP contribution in [0.4, 0.5) is 10.5 Å². The van der Waals surface area contributed by atoms with Gasteiger partial charge in [0.1, 0.15) is 0 Å². The standard InChI is InChI=1S/C14H19ClN2O3/c1-3-4-10(8-13(18)19)16-14(20)17-12-7-9(2)5-6-11(12)15/h5-7,10H,3-4,8H2,1-2H3,(H,18,19)(H2,16,17,20). The molecule has 0 heterocycles. The number of benzene rings is 1. The highest BCUT2D eigenvalue weighted by atomic mass is 35.5. The molecule has 3 N–H and O–H groups in total. The van der Waals surface area contributed by atoms with Crippen LogP contribution in [-0.4, -0.2) is 23.1 Å². The van der Waals surface area contributed by atoms with Gasteiger partial charge in [-0.15, -0.1) is 0 Å². The van der Waals surface area contributed by atoms with Crippen LogP contribution >= 0.6 is 11.6 Å². The second-order valence-corrected chi connectivity index (χ2v) is 5.07. The maximum absolute atomic E-state index is 11.9. The summed E-state index contributed by atoms with van der Waals surface area (Å²) in [6, 6.07) is 4.47. The lowest BCUT2D eigenvalue weighted by atomic mass is 10.1. The van der Waals surface area contributed by atoms with Crippen molar-refractivity contribution in [3.05, 3.63) is 28.8 Å². The van der Waals surface area contributed by atoms with Crippen molar-refractivity contribution in [3.63, 3.8) is 0 Å². The minimum absolute atomic E-state index is 0.0944. The number of amides is 2. The van der Waals surface area contributed by atoms with Gasteiger partial charge in [0.25, 0.3) is 0 Å². The second kappa shape index (κ2) is 7.75. The number of carboxylic acids is 1. The fourth-order valence-electron chi connectivity index (χ4n) is 1.86. The average Bonchev–Trinajstić information content (AvgIpc) is 2.33. The number of carboxylic acid groups (broad SMARTS) is 1. The van der Waals surface area contributed by atoms with Gasteiger partial charge in [-0.3, -0.25) is 4.79 Å². The van der Waals surface area contributed by atoms with Crippen molar-refractivity contribution in [2.75, 3.05) is 5.32 Å². The summed E-state index contributed by atoms with van der Waals surface area (Å²) in [5, 5.41) is 14.5. The van der Waals surface area contributed by atoms with E-state index in [9.17, 15) is 9.59 Å². The summed E-state index contributed by atoms with van der Waals surface area (Å²) in [7, 11) is 0. The summed E-state index contributed by atoms with van der Waals surface area (Å²) in [5.41, 5.74) is 1.48. The van der Waals surface area contributed by atoms with Crippen LogP contribution in [0.3, 0.4) is 0 Å². The molecule has 110 valence electrons. The molecule has 6 heteroatoms. The number of aryl methyl sites for hydroxylation is 1. The number of nitrogens with one attached hydrogen (secondary N) is 2. The van der Waals surface area contributed by atoms with Gasteiger partial charge in [-0.1, -0.05) is 31.0 Å². The minimum Gasteiger partial charge on any atom is -0.481 e. The average molecular weight is 299 g/mol. The molecule has 0 fully saturated rings. The third-order valence-electron chi connectivity index (χ3n) is 2.76. The topological polar surface area (TPSA) is 78.4 Å². The molecule has 1 aromatic rings. The normalized spacial score (nSPS) is 11.8. The van der Waals surface area contributed by atoms with Crippen molar-refractivity contribution < 1.29 is 14.7 Å². The lowest BCUT2D eigenvalue weighted by Gasteiger charge is -2.17. The molecule has 0 aromatic heterocycles. The van der Waals surface area contributed by atoms with Crippen LogP contribution in [0.15, 0.2) is 18.2 Å². The van der Waals surface area contributed by atoms with Gasteiger partial charge in [-0.25, -0.2) is 4.79 Å². The molecule has 0 aliphatic rings. The third-order valence-corrected chi connectivity index (χ3v) is 3.09. The predicted octanol–water partition coefficient (Wildman–Crippen LogP) is 3.41. The fourth-order valence-corrected chi connectivity index (χ4v) is 2.03. The van der Waals surface area contributed by atoms with E-state index < -0.39 is 12.0 Å². The van der Waals surface area contributed by atoms with Gasteiger partial charge in [0.2, 0.25) is 0 Å². The molecule has 0 saturated carbocycles. The number of halogens is 1. The number of urea groups is 1. The van der Waals surface area contributed by atoms with Crippen molar-refractivity contribution >= 4 is 29.3 Å². The van der Waals surface area contributed by atoms with Crippen LogP contribution in [-0.2, 0) is 4.79 Å². The Hall–Kier alpha value is -1.75. The number of carbonyl (C=O) groups excluding carboxylic acids is 1. The molecule has 0 spiro atoms. The van der Waals surface area contributed by atoms with Crippen LogP contribution in [0.1, 0.15) is 31.7 Å². The first-order valence-electron chi connectivity index (χ1n) is 6.47. The first-order chi connectivity index (χ1) is 9.42. The van der Waals surface area contributed by atoms with E-state index in [1.807, 2.05) is 19.9 Å². The zero-order valence-electron chi connectivity index (χ0n) is 11.6. The van der Waals surface area contributed by atoms with E-state index in [-0.39, 0.29) is 12.5 Å². The molecule has 20 heavy (non-hydrogen) atoms. The van der Waals surface area contributed by atoms with Gasteiger partial charge in [0, 0.05) is 6.04 Å². The lowest BCUT2D eigenvalue weighted by molar-refractivity contribution is -0.137. The highest BCUT2D eigenvalue weighted by Gasteiger charge is 2.15. The van der Waals surface area contributed by atoms with Crippen LogP contribution < -0.4 is 10.6 Å². The van der Waals surface area contributed by atoms with Gasteiger partial charge >= 0.3 is 12.0 Å². The number of rotatable bonds is 6. The Morgan fingerprint density at radius 2 is 2.10 bits per heavy atom. The maximum Gasteiger partial charge on any atom is 0.319 e. The zero-order chi connectivity index (χ0) is 15.1. The minimum atomic E-state index is -0.933. The quantitative estimate of drug-likeness (QED) is 0.753. The highest BCUT2D eigenvalue weighted by Crippen LogP contribution is 2.22. The monoisotopic (exact) mass is 298 g/mol. The maximum atomic E-state index is 11.9. The summed E-state index contributed by atoms with van der Waals surface area (Å²) in [6.07, 6.45) is 1.31. The molecule has 0 saturated heterocycles. The van der Waals surface area contributed by atoms with Gasteiger partial charge in [0.05, 0.1) is 17.1 Å². The van der Waals surface area contributed by atoms with Crippen molar-refractivity contribution in [2.24, 2.45) is 0 Å². The first kappa shape index (κ1) is 16.3. The Balaban J connectivity index is 2.65. The van der Waals surface area contributed by atoms with Crippen molar-refractivity contribution in [3.8, 4) is 0 Å². The van der Waals surface area contributed by atoms with E-state index in [0.717, 1.165) is 12.0 Å². The summed E-state index contributed by atoms with van der Waals surface area (Å²) < 4.78 is 0. The number of hydrogen-bond donors (Lipinski definition) is 3. The third kappa shape index (κ3) is 5.48. The van der Waals surface area contributed by atoms with E-state index in [0.29, 0.717) is 17.1 Å². The zero-order valence-corrected chi connectivity index (χ0v) is 12.3. The van der Waals surface area contributed by atoms with Gasteiger partial charge in [-0.05, 0) is 31.0 Å². The molecule has 2 amide bonds. The Kier molecular flexibility index (Phi) is 6.31. The van der Waals surface area contributed by atoms with Crippen LogP contribution in [0, 0.1) is 6.92 Å². The van der Waals surface area contributed by atoms with Crippen molar-refractivity contribution in [2.45, 2.75) is 39.2 Å². The molecule has 1 atom stereocenters. The highest BCUT2D eigenvalue weighted by molar-refractivity contribution is 6.33. The van der Waals surface area contributed by atoms with E-state index >= 15 is 0 Å². The molecule has 0 bridgehead atoms. The van der Waals surface area contributed by atoms with Gasteiger partial charge in [0.15, 0.2) is 0 Å². The lowest BCUT2D eigenvalue weighted by Crippen LogP contribution is -2.39. The molecule has 5 nitrogen and oxygen atoms in total. The number of hydrogen-bond acceptors (Lipinski definition) is 2. The molecule has 0 aliphatic heterocycles. The summed E-state index contributed by atoms with van der Waals surface area (Å²) in [6.45, 7) is 3.83. The summed E-state index contributed by atoms with van der Waals surface area (Å²) in [5.74, 6) is -0.933. The smallest absolute Gasteiger partial charge is 0.319 e. The number of carbonyl (C=O) groups is 2. The predicted molar refractivity (Wildman–Crippen MR) is 79.3 cm³/mol.